The molecule has 1 aromatic heterocycles. The van der Waals surface area contributed by atoms with Gasteiger partial charge >= 0.3 is 5.97 Å². The van der Waals surface area contributed by atoms with E-state index in [0.29, 0.717) is 17.7 Å². The summed E-state index contributed by atoms with van der Waals surface area (Å²) in [6, 6.07) is 9.70. The van der Waals surface area contributed by atoms with E-state index in [9.17, 15) is 14.4 Å². The highest BCUT2D eigenvalue weighted by Crippen LogP contribution is 2.13. The number of nitrogens with zero attached hydrogens (tertiary/aromatic N) is 1. The lowest BCUT2D eigenvalue weighted by Gasteiger charge is -2.16. The van der Waals surface area contributed by atoms with Gasteiger partial charge in [0.15, 0.2) is 11.9 Å². The lowest BCUT2D eigenvalue weighted by atomic mass is 10.1. The molecule has 0 aliphatic carbocycles. The van der Waals surface area contributed by atoms with Crippen molar-refractivity contribution in [1.82, 2.24) is 4.98 Å². The fourth-order valence-corrected chi connectivity index (χ4v) is 2.01. The molecule has 0 aliphatic rings. The van der Waals surface area contributed by atoms with Crippen LogP contribution in [0.4, 0.5) is 5.69 Å². The maximum atomic E-state index is 12.3. The molecule has 2 rings (SSSR count). The molecule has 0 fully saturated rings. The van der Waals surface area contributed by atoms with Crippen LogP contribution in [0, 0.1) is 0 Å². The number of Topliss-reactive ketones (excluding diaryl/α,β-unsaturated/α-hetero) is 1. The molecule has 0 saturated heterocycles. The van der Waals surface area contributed by atoms with Gasteiger partial charge in [0.05, 0.1) is 5.56 Å². The molecule has 1 aromatic carbocycles. The van der Waals surface area contributed by atoms with Gasteiger partial charge in [-0.2, -0.15) is 0 Å². The smallest absolute Gasteiger partial charge is 0.340 e. The maximum Gasteiger partial charge on any atom is 0.340 e. The number of esters is 1. The van der Waals surface area contributed by atoms with Gasteiger partial charge in [-0.05, 0) is 49.7 Å². The van der Waals surface area contributed by atoms with Gasteiger partial charge in [0.1, 0.15) is 0 Å². The fourth-order valence-electron chi connectivity index (χ4n) is 2.01. The highest BCUT2D eigenvalue weighted by molar-refractivity contribution is 5.98. The number of hydrogen-bond acceptors (Lipinski definition) is 5. The Bertz CT molecular complexity index is 726. The number of carbonyl (C=O) groups is 3. The number of nitrogens with one attached hydrogen (secondary N) is 1. The number of ether oxygens (including phenoxy) is 1. The standard InChI is InChI=1S/C18H18N2O4/c1-3-16(24-18(23)14-5-4-10-19-11-14)17(22)20-15-8-6-13(7-9-15)12(2)21/h4-11,16H,3H2,1-2H3,(H,20,22). The van der Waals surface area contributed by atoms with E-state index >= 15 is 0 Å². The number of ketones is 1. The first-order valence-corrected chi connectivity index (χ1v) is 7.54. The molecule has 6 heteroatoms. The number of rotatable bonds is 6. The van der Waals surface area contributed by atoms with E-state index in [1.807, 2.05) is 0 Å². The van der Waals surface area contributed by atoms with Crippen LogP contribution in [-0.2, 0) is 9.53 Å². The van der Waals surface area contributed by atoms with E-state index in [2.05, 4.69) is 10.3 Å². The molecular weight excluding hydrogens is 308 g/mol. The SMILES string of the molecule is CCC(OC(=O)c1cccnc1)C(=O)Nc1ccc(C(C)=O)cc1. The zero-order valence-electron chi connectivity index (χ0n) is 13.5. The summed E-state index contributed by atoms with van der Waals surface area (Å²) in [5, 5.41) is 2.67. The van der Waals surface area contributed by atoms with Crippen molar-refractivity contribution in [3.63, 3.8) is 0 Å². The zero-order chi connectivity index (χ0) is 17.5. The molecule has 2 aromatic rings. The van der Waals surface area contributed by atoms with Crippen LogP contribution in [0.3, 0.4) is 0 Å². The number of aromatic nitrogens is 1. The third kappa shape index (κ3) is 4.49. The number of amides is 1. The summed E-state index contributed by atoms with van der Waals surface area (Å²) < 4.78 is 5.24. The van der Waals surface area contributed by atoms with Crippen molar-refractivity contribution in [3.8, 4) is 0 Å². The summed E-state index contributed by atoms with van der Waals surface area (Å²) in [7, 11) is 0. The molecule has 6 nitrogen and oxygen atoms in total. The van der Waals surface area contributed by atoms with Crippen LogP contribution in [0.25, 0.3) is 0 Å². The summed E-state index contributed by atoms with van der Waals surface area (Å²) in [6.07, 6.45) is 2.35. The average Bonchev–Trinajstić information content (AvgIpc) is 2.60. The Morgan fingerprint density at radius 1 is 1.12 bits per heavy atom. The van der Waals surface area contributed by atoms with E-state index < -0.39 is 18.0 Å². The van der Waals surface area contributed by atoms with Crippen LogP contribution < -0.4 is 5.32 Å². The highest BCUT2D eigenvalue weighted by Gasteiger charge is 2.22. The van der Waals surface area contributed by atoms with Crippen LogP contribution in [0.2, 0.25) is 0 Å². The van der Waals surface area contributed by atoms with Crippen LogP contribution in [0.15, 0.2) is 48.8 Å². The average molecular weight is 326 g/mol. The Morgan fingerprint density at radius 2 is 1.83 bits per heavy atom. The summed E-state index contributed by atoms with van der Waals surface area (Å²) in [5.74, 6) is -1.08. The molecule has 0 aliphatic heterocycles. The number of anilines is 1. The number of benzene rings is 1. The van der Waals surface area contributed by atoms with E-state index in [-0.39, 0.29) is 11.3 Å². The lowest BCUT2D eigenvalue weighted by molar-refractivity contribution is -0.124. The van der Waals surface area contributed by atoms with Crippen LogP contribution in [0.5, 0.6) is 0 Å². The second-order valence-electron chi connectivity index (χ2n) is 5.17. The predicted molar refractivity (Wildman–Crippen MR) is 88.8 cm³/mol. The first kappa shape index (κ1) is 17.3. The van der Waals surface area contributed by atoms with Crippen LogP contribution >= 0.6 is 0 Å². The molecule has 24 heavy (non-hydrogen) atoms. The molecule has 1 atom stereocenters. The normalized spacial score (nSPS) is 11.4. The quantitative estimate of drug-likeness (QED) is 0.651. The van der Waals surface area contributed by atoms with Gasteiger partial charge in [0.2, 0.25) is 0 Å². The van der Waals surface area contributed by atoms with Gasteiger partial charge in [0.25, 0.3) is 5.91 Å². The zero-order valence-corrected chi connectivity index (χ0v) is 13.5. The number of hydrogen-bond donors (Lipinski definition) is 1. The number of pyridine rings is 1. The third-order valence-electron chi connectivity index (χ3n) is 3.37. The monoisotopic (exact) mass is 326 g/mol. The summed E-state index contributed by atoms with van der Waals surface area (Å²) in [4.78, 5) is 39.4. The van der Waals surface area contributed by atoms with Crippen molar-refractivity contribution in [2.45, 2.75) is 26.4 Å². The molecule has 0 spiro atoms. The van der Waals surface area contributed by atoms with Gasteiger partial charge in [-0.3, -0.25) is 14.6 Å². The van der Waals surface area contributed by atoms with Crippen molar-refractivity contribution in [1.29, 1.82) is 0 Å². The van der Waals surface area contributed by atoms with Crippen molar-refractivity contribution in [2.24, 2.45) is 0 Å². The molecule has 0 saturated carbocycles. The van der Waals surface area contributed by atoms with Gasteiger partial charge in [0, 0.05) is 23.6 Å². The number of carbonyl (C=O) groups excluding carboxylic acids is 3. The Hall–Kier alpha value is -3.02. The minimum atomic E-state index is -0.912. The summed E-state index contributed by atoms with van der Waals surface area (Å²) in [6.45, 7) is 3.22. The molecule has 1 unspecified atom stereocenters. The van der Waals surface area contributed by atoms with Crippen molar-refractivity contribution < 1.29 is 19.1 Å². The van der Waals surface area contributed by atoms with Crippen LogP contribution in [0.1, 0.15) is 41.0 Å². The second kappa shape index (κ2) is 8.01. The Labute approximate surface area is 139 Å². The van der Waals surface area contributed by atoms with Crippen molar-refractivity contribution in [3.05, 3.63) is 59.9 Å². The van der Waals surface area contributed by atoms with Gasteiger partial charge in [-0.15, -0.1) is 0 Å². The Kier molecular flexibility index (Phi) is 5.78. The van der Waals surface area contributed by atoms with Gasteiger partial charge in [-0.25, -0.2) is 4.79 Å². The molecular formula is C18H18N2O4. The molecule has 1 amide bonds. The third-order valence-corrected chi connectivity index (χ3v) is 3.37. The first-order valence-electron chi connectivity index (χ1n) is 7.54. The summed E-state index contributed by atoms with van der Waals surface area (Å²) >= 11 is 0. The minimum Gasteiger partial charge on any atom is -0.449 e. The van der Waals surface area contributed by atoms with Crippen LogP contribution in [-0.4, -0.2) is 28.7 Å². The van der Waals surface area contributed by atoms with E-state index in [1.54, 1.807) is 49.5 Å². The van der Waals surface area contributed by atoms with Crippen molar-refractivity contribution in [2.75, 3.05) is 5.32 Å². The topological polar surface area (TPSA) is 85.4 Å². The van der Waals surface area contributed by atoms with E-state index in [4.69, 9.17) is 4.74 Å². The highest BCUT2D eigenvalue weighted by atomic mass is 16.5. The van der Waals surface area contributed by atoms with E-state index in [0.717, 1.165) is 0 Å². The van der Waals surface area contributed by atoms with Crippen molar-refractivity contribution >= 4 is 23.3 Å². The fraction of sp³-hybridized carbons (Fsp3) is 0.222. The molecule has 1 N–H and O–H groups in total. The van der Waals surface area contributed by atoms with Gasteiger partial charge in [-0.1, -0.05) is 6.92 Å². The minimum absolute atomic E-state index is 0.0512. The summed E-state index contributed by atoms with van der Waals surface area (Å²) in [5.41, 5.74) is 1.37. The Morgan fingerprint density at radius 3 is 2.38 bits per heavy atom. The lowest BCUT2D eigenvalue weighted by Crippen LogP contribution is -2.32. The van der Waals surface area contributed by atoms with Gasteiger partial charge < -0.3 is 10.1 Å². The maximum absolute atomic E-state index is 12.3. The van der Waals surface area contributed by atoms with E-state index in [1.165, 1.54) is 13.1 Å². The molecule has 0 bridgehead atoms. The molecule has 124 valence electrons. The molecule has 0 radical (unpaired) electrons. The molecule has 1 heterocycles. The Balaban J connectivity index is 2.00. The predicted octanol–water partition coefficient (Wildman–Crippen LogP) is 2.86. The first-order chi connectivity index (χ1) is 11.5. The largest absolute Gasteiger partial charge is 0.449 e. The second-order valence-corrected chi connectivity index (χ2v) is 5.17.